The first-order valence-electron chi connectivity index (χ1n) is 6.73. The number of pyridine rings is 1. The van der Waals surface area contributed by atoms with Crippen LogP contribution in [0, 0.1) is 10.1 Å². The number of sulfonamides is 1. The summed E-state index contributed by atoms with van der Waals surface area (Å²) in [6, 6.07) is 2.43. The number of amides is 1. The SMILES string of the molecule is COc1c(N(C(C)=O)S(C)(=O)=O)cc2nccc(C=O)c2c1[N+](=O)[O-]. The average molecular weight is 367 g/mol. The molecule has 1 aromatic heterocycles. The number of aromatic nitrogens is 1. The van der Waals surface area contributed by atoms with Crippen LogP contribution in [0.5, 0.6) is 5.75 Å². The molecular formula is C14H13N3O7S. The van der Waals surface area contributed by atoms with Crippen molar-refractivity contribution in [2.24, 2.45) is 0 Å². The number of ether oxygens (including phenoxy) is 1. The number of fused-ring (bicyclic) bond motifs is 1. The van der Waals surface area contributed by atoms with E-state index in [-0.39, 0.29) is 22.2 Å². The first-order valence-corrected chi connectivity index (χ1v) is 8.58. The number of aldehydes is 1. The Morgan fingerprint density at radius 2 is 2.08 bits per heavy atom. The highest BCUT2D eigenvalue weighted by Gasteiger charge is 2.33. The Morgan fingerprint density at radius 1 is 1.44 bits per heavy atom. The summed E-state index contributed by atoms with van der Waals surface area (Å²) in [6.45, 7) is 0.992. The van der Waals surface area contributed by atoms with Crippen molar-refractivity contribution in [2.75, 3.05) is 17.7 Å². The van der Waals surface area contributed by atoms with Gasteiger partial charge in [0.1, 0.15) is 5.69 Å². The van der Waals surface area contributed by atoms with E-state index in [1.165, 1.54) is 12.3 Å². The minimum absolute atomic E-state index is 0.0183. The molecule has 132 valence electrons. The molecule has 11 heteroatoms. The van der Waals surface area contributed by atoms with Crippen LogP contribution in [-0.4, -0.2) is 43.9 Å². The van der Waals surface area contributed by atoms with Crippen molar-refractivity contribution in [3.05, 3.63) is 34.0 Å². The molecule has 0 radical (unpaired) electrons. The van der Waals surface area contributed by atoms with E-state index in [2.05, 4.69) is 4.98 Å². The highest BCUT2D eigenvalue weighted by Crippen LogP contribution is 2.44. The van der Waals surface area contributed by atoms with E-state index in [0.717, 1.165) is 26.4 Å². The molecule has 0 aliphatic rings. The topological polar surface area (TPSA) is 137 Å². The number of rotatable bonds is 5. The highest BCUT2D eigenvalue weighted by molar-refractivity contribution is 7.92. The van der Waals surface area contributed by atoms with E-state index in [4.69, 9.17) is 4.74 Å². The van der Waals surface area contributed by atoms with Gasteiger partial charge in [0.25, 0.3) is 0 Å². The zero-order valence-corrected chi connectivity index (χ0v) is 14.2. The first kappa shape index (κ1) is 18.3. The van der Waals surface area contributed by atoms with Gasteiger partial charge in [0.15, 0.2) is 6.29 Å². The van der Waals surface area contributed by atoms with Gasteiger partial charge < -0.3 is 4.74 Å². The van der Waals surface area contributed by atoms with Crippen LogP contribution in [0.1, 0.15) is 17.3 Å². The molecule has 2 aromatic rings. The molecule has 1 amide bonds. The number of nitro benzene ring substituents is 1. The van der Waals surface area contributed by atoms with Gasteiger partial charge in [0.2, 0.25) is 21.7 Å². The quantitative estimate of drug-likeness (QED) is 0.438. The molecular weight excluding hydrogens is 354 g/mol. The van der Waals surface area contributed by atoms with E-state index in [9.17, 15) is 28.1 Å². The fraction of sp³-hybridized carbons (Fsp3) is 0.214. The molecule has 0 saturated carbocycles. The van der Waals surface area contributed by atoms with Crippen LogP contribution in [0.15, 0.2) is 18.3 Å². The largest absolute Gasteiger partial charge is 0.489 e. The van der Waals surface area contributed by atoms with Gasteiger partial charge in [0.05, 0.1) is 29.2 Å². The number of benzene rings is 1. The van der Waals surface area contributed by atoms with Crippen molar-refractivity contribution < 1.29 is 27.7 Å². The number of anilines is 1. The van der Waals surface area contributed by atoms with Gasteiger partial charge in [-0.15, -0.1) is 0 Å². The summed E-state index contributed by atoms with van der Waals surface area (Å²) in [7, 11) is -3.00. The molecule has 0 bridgehead atoms. The zero-order chi connectivity index (χ0) is 18.9. The van der Waals surface area contributed by atoms with E-state index >= 15 is 0 Å². The fourth-order valence-corrected chi connectivity index (χ4v) is 3.46. The normalized spacial score (nSPS) is 11.2. The number of carbonyl (C=O) groups is 2. The van der Waals surface area contributed by atoms with Crippen LogP contribution >= 0.6 is 0 Å². The minimum atomic E-state index is -4.09. The van der Waals surface area contributed by atoms with Crippen molar-refractivity contribution in [3.8, 4) is 5.75 Å². The molecule has 1 heterocycles. The summed E-state index contributed by atoms with van der Waals surface area (Å²) < 4.78 is 29.4. The molecule has 0 fully saturated rings. The maximum absolute atomic E-state index is 12.0. The zero-order valence-electron chi connectivity index (χ0n) is 13.4. The molecule has 10 nitrogen and oxygen atoms in total. The number of nitrogens with zero attached hydrogens (tertiary/aromatic N) is 3. The van der Waals surface area contributed by atoms with Crippen molar-refractivity contribution in [1.29, 1.82) is 0 Å². The van der Waals surface area contributed by atoms with Crippen LogP contribution < -0.4 is 9.04 Å². The second kappa shape index (κ2) is 6.43. The minimum Gasteiger partial charge on any atom is -0.489 e. The van der Waals surface area contributed by atoms with Gasteiger partial charge >= 0.3 is 5.69 Å². The average Bonchev–Trinajstić information content (AvgIpc) is 2.50. The Balaban J connectivity index is 3.09. The monoisotopic (exact) mass is 367 g/mol. The van der Waals surface area contributed by atoms with Gasteiger partial charge in [0, 0.05) is 18.7 Å². The lowest BCUT2D eigenvalue weighted by atomic mass is 10.1. The van der Waals surface area contributed by atoms with E-state index in [1.807, 2.05) is 0 Å². The molecule has 0 N–H and O–H groups in total. The van der Waals surface area contributed by atoms with Crippen molar-refractivity contribution in [1.82, 2.24) is 4.98 Å². The van der Waals surface area contributed by atoms with Crippen LogP contribution in [0.25, 0.3) is 10.9 Å². The lowest BCUT2D eigenvalue weighted by Crippen LogP contribution is -2.34. The number of methoxy groups -OCH3 is 1. The second-order valence-electron chi connectivity index (χ2n) is 4.99. The summed E-state index contributed by atoms with van der Waals surface area (Å²) in [6.07, 6.45) is 2.43. The van der Waals surface area contributed by atoms with E-state index in [1.54, 1.807) is 0 Å². The summed E-state index contributed by atoms with van der Waals surface area (Å²) in [5.41, 5.74) is -1.05. The van der Waals surface area contributed by atoms with Gasteiger partial charge in [-0.25, -0.2) is 12.7 Å². The smallest absolute Gasteiger partial charge is 0.323 e. The molecule has 0 atom stereocenters. The van der Waals surface area contributed by atoms with E-state index < -0.39 is 32.3 Å². The Labute approximate surface area is 142 Å². The van der Waals surface area contributed by atoms with Crippen LogP contribution in [0.3, 0.4) is 0 Å². The van der Waals surface area contributed by atoms with Gasteiger partial charge in [-0.3, -0.25) is 24.7 Å². The molecule has 0 saturated heterocycles. The second-order valence-corrected chi connectivity index (χ2v) is 6.82. The summed E-state index contributed by atoms with van der Waals surface area (Å²) in [4.78, 5) is 37.8. The Morgan fingerprint density at radius 3 is 2.52 bits per heavy atom. The summed E-state index contributed by atoms with van der Waals surface area (Å²) in [5, 5.41) is 11.5. The standard InChI is InChI=1S/C14H13N3O7S/c1-8(19)16(25(3,22)23)11-6-10-12(9(7-18)4-5-15-10)13(17(20)21)14(11)24-2/h4-7H,1-3H3. The van der Waals surface area contributed by atoms with Crippen LogP contribution in [0.2, 0.25) is 0 Å². The van der Waals surface area contributed by atoms with Crippen LogP contribution in [0.4, 0.5) is 11.4 Å². The third-order valence-electron chi connectivity index (χ3n) is 3.32. The maximum atomic E-state index is 12.0. The number of hydrogen-bond donors (Lipinski definition) is 0. The predicted molar refractivity (Wildman–Crippen MR) is 88.3 cm³/mol. The molecule has 2 rings (SSSR count). The fourth-order valence-electron chi connectivity index (χ4n) is 2.50. The lowest BCUT2D eigenvalue weighted by molar-refractivity contribution is -0.383. The third-order valence-corrected chi connectivity index (χ3v) is 4.44. The van der Waals surface area contributed by atoms with Gasteiger partial charge in [-0.05, 0) is 12.1 Å². The van der Waals surface area contributed by atoms with Crippen molar-refractivity contribution >= 4 is 44.5 Å². The number of carbonyl (C=O) groups excluding carboxylic acids is 2. The highest BCUT2D eigenvalue weighted by atomic mass is 32.2. The summed E-state index contributed by atoms with van der Waals surface area (Å²) in [5.74, 6) is -1.35. The van der Waals surface area contributed by atoms with Crippen LogP contribution in [-0.2, 0) is 14.8 Å². The summed E-state index contributed by atoms with van der Waals surface area (Å²) >= 11 is 0. The molecule has 0 spiro atoms. The maximum Gasteiger partial charge on any atom is 0.323 e. The van der Waals surface area contributed by atoms with Gasteiger partial charge in [-0.1, -0.05) is 0 Å². The van der Waals surface area contributed by atoms with Crippen molar-refractivity contribution in [2.45, 2.75) is 6.92 Å². The van der Waals surface area contributed by atoms with Gasteiger partial charge in [-0.2, -0.15) is 0 Å². The molecule has 1 aromatic carbocycles. The Hall–Kier alpha value is -3.08. The predicted octanol–water partition coefficient (Wildman–Crippen LogP) is 1.28. The number of nitro groups is 1. The third kappa shape index (κ3) is 3.13. The number of hydrogen-bond acceptors (Lipinski definition) is 8. The lowest BCUT2D eigenvalue weighted by Gasteiger charge is -2.21. The Bertz CT molecular complexity index is 1000. The molecule has 0 aliphatic heterocycles. The van der Waals surface area contributed by atoms with Crippen molar-refractivity contribution in [3.63, 3.8) is 0 Å². The first-order chi connectivity index (χ1) is 11.6. The molecule has 0 aliphatic carbocycles. The molecule has 25 heavy (non-hydrogen) atoms. The Kier molecular flexibility index (Phi) is 4.70. The van der Waals surface area contributed by atoms with E-state index in [0.29, 0.717) is 10.6 Å². The molecule has 0 unspecified atom stereocenters.